The van der Waals surface area contributed by atoms with E-state index < -0.39 is 6.10 Å². The summed E-state index contributed by atoms with van der Waals surface area (Å²) in [6, 6.07) is 7.86. The van der Waals surface area contributed by atoms with E-state index in [1.807, 2.05) is 36.1 Å². The highest BCUT2D eigenvalue weighted by molar-refractivity contribution is 5.79. The zero-order valence-corrected chi connectivity index (χ0v) is 15.2. The van der Waals surface area contributed by atoms with Gasteiger partial charge in [0, 0.05) is 38.6 Å². The van der Waals surface area contributed by atoms with E-state index in [1.54, 1.807) is 0 Å². The van der Waals surface area contributed by atoms with E-state index in [9.17, 15) is 9.90 Å². The number of aliphatic hydroxyl groups is 1. The number of β-amino-alcohol motifs (C(OH)–C–C–N with tert-alkyl or cyclic N) is 1. The summed E-state index contributed by atoms with van der Waals surface area (Å²) in [7, 11) is 0. The highest BCUT2D eigenvalue weighted by Gasteiger charge is 2.29. The second-order valence-electron chi connectivity index (χ2n) is 7.39. The molecule has 1 heterocycles. The van der Waals surface area contributed by atoms with Crippen molar-refractivity contribution in [2.45, 2.75) is 38.7 Å². The van der Waals surface area contributed by atoms with Crippen LogP contribution in [0.1, 0.15) is 31.2 Å². The van der Waals surface area contributed by atoms with Gasteiger partial charge in [0.2, 0.25) is 5.91 Å². The summed E-state index contributed by atoms with van der Waals surface area (Å²) in [5, 5.41) is 10.2. The van der Waals surface area contributed by atoms with Crippen LogP contribution in [-0.4, -0.2) is 66.2 Å². The van der Waals surface area contributed by atoms with Gasteiger partial charge < -0.3 is 14.7 Å². The maximum atomic E-state index is 12.5. The van der Waals surface area contributed by atoms with Crippen LogP contribution in [0.2, 0.25) is 0 Å². The largest absolute Gasteiger partial charge is 0.491 e. The molecule has 25 heavy (non-hydrogen) atoms. The molecular weight excluding hydrogens is 316 g/mol. The van der Waals surface area contributed by atoms with Crippen molar-refractivity contribution in [3.05, 3.63) is 29.8 Å². The predicted molar refractivity (Wildman–Crippen MR) is 97.7 cm³/mol. The third-order valence-electron chi connectivity index (χ3n) is 5.32. The highest BCUT2D eigenvalue weighted by atomic mass is 16.5. The van der Waals surface area contributed by atoms with Gasteiger partial charge in [-0.05, 0) is 31.9 Å². The maximum Gasteiger partial charge on any atom is 0.225 e. The predicted octanol–water partition coefficient (Wildman–Crippen LogP) is 2.07. The SMILES string of the molecule is Cc1ccc(OCC(O)CN2CCN(C(=O)C3CCCC3)CC2)cc1. The molecule has 1 aliphatic carbocycles. The molecule has 1 N–H and O–H groups in total. The number of carbonyl (C=O) groups excluding carboxylic acids is 1. The van der Waals surface area contributed by atoms with Gasteiger partial charge in [-0.25, -0.2) is 0 Å². The number of carbonyl (C=O) groups is 1. The Labute approximate surface area is 150 Å². The lowest BCUT2D eigenvalue weighted by atomic mass is 10.1. The van der Waals surface area contributed by atoms with E-state index in [1.165, 1.54) is 18.4 Å². The first-order valence-corrected chi connectivity index (χ1v) is 9.50. The molecule has 3 rings (SSSR count). The van der Waals surface area contributed by atoms with Crippen LogP contribution in [0.3, 0.4) is 0 Å². The molecule has 0 bridgehead atoms. The molecule has 1 saturated carbocycles. The first-order chi connectivity index (χ1) is 12.1. The van der Waals surface area contributed by atoms with Crippen molar-refractivity contribution in [1.29, 1.82) is 0 Å². The van der Waals surface area contributed by atoms with Gasteiger partial charge in [-0.2, -0.15) is 0 Å². The molecule has 5 heteroatoms. The van der Waals surface area contributed by atoms with Gasteiger partial charge in [0.1, 0.15) is 18.5 Å². The second-order valence-corrected chi connectivity index (χ2v) is 7.39. The summed E-state index contributed by atoms with van der Waals surface area (Å²) in [6.45, 7) is 6.15. The first kappa shape index (κ1) is 18.2. The van der Waals surface area contributed by atoms with E-state index in [0.717, 1.165) is 44.8 Å². The lowest BCUT2D eigenvalue weighted by Crippen LogP contribution is -2.52. The number of rotatable bonds is 6. The molecule has 0 aromatic heterocycles. The number of hydrogen-bond acceptors (Lipinski definition) is 4. The summed E-state index contributed by atoms with van der Waals surface area (Å²) < 4.78 is 5.65. The van der Waals surface area contributed by atoms with Crippen molar-refractivity contribution < 1.29 is 14.6 Å². The van der Waals surface area contributed by atoms with Crippen LogP contribution in [0.5, 0.6) is 5.75 Å². The summed E-state index contributed by atoms with van der Waals surface area (Å²) >= 11 is 0. The summed E-state index contributed by atoms with van der Waals surface area (Å²) in [5.41, 5.74) is 1.19. The van der Waals surface area contributed by atoms with E-state index in [4.69, 9.17) is 4.74 Å². The minimum atomic E-state index is -0.515. The third kappa shape index (κ3) is 5.19. The van der Waals surface area contributed by atoms with Gasteiger partial charge in [0.05, 0.1) is 0 Å². The van der Waals surface area contributed by atoms with Gasteiger partial charge in [0.15, 0.2) is 0 Å². The number of benzene rings is 1. The Morgan fingerprint density at radius 3 is 2.44 bits per heavy atom. The monoisotopic (exact) mass is 346 g/mol. The molecule has 1 saturated heterocycles. The Balaban J connectivity index is 1.36. The number of aryl methyl sites for hydroxylation is 1. The van der Waals surface area contributed by atoms with Gasteiger partial charge in [0.25, 0.3) is 0 Å². The van der Waals surface area contributed by atoms with Crippen molar-refractivity contribution >= 4 is 5.91 Å². The lowest BCUT2D eigenvalue weighted by Gasteiger charge is -2.36. The Kier molecular flexibility index (Phi) is 6.32. The van der Waals surface area contributed by atoms with Crippen LogP contribution in [0.25, 0.3) is 0 Å². The van der Waals surface area contributed by atoms with E-state index in [0.29, 0.717) is 19.1 Å². The number of aliphatic hydroxyl groups excluding tert-OH is 1. The summed E-state index contributed by atoms with van der Waals surface area (Å²) in [6.07, 6.45) is 4.01. The Morgan fingerprint density at radius 1 is 1.16 bits per heavy atom. The fourth-order valence-electron chi connectivity index (χ4n) is 3.76. The van der Waals surface area contributed by atoms with Crippen LogP contribution in [-0.2, 0) is 4.79 Å². The molecule has 1 atom stereocenters. The summed E-state index contributed by atoms with van der Waals surface area (Å²) in [4.78, 5) is 16.7. The first-order valence-electron chi connectivity index (χ1n) is 9.50. The van der Waals surface area contributed by atoms with Gasteiger partial charge in [-0.1, -0.05) is 30.5 Å². The summed E-state index contributed by atoms with van der Waals surface area (Å²) in [5.74, 6) is 1.40. The zero-order valence-electron chi connectivity index (χ0n) is 15.2. The number of hydrogen-bond donors (Lipinski definition) is 1. The molecule has 2 aliphatic rings. The molecule has 5 nitrogen and oxygen atoms in total. The molecule has 0 radical (unpaired) electrons. The van der Waals surface area contributed by atoms with Crippen LogP contribution in [0.15, 0.2) is 24.3 Å². The topological polar surface area (TPSA) is 53.0 Å². The quantitative estimate of drug-likeness (QED) is 0.857. The number of amides is 1. The minimum absolute atomic E-state index is 0.264. The van der Waals surface area contributed by atoms with E-state index in [-0.39, 0.29) is 5.92 Å². The molecule has 2 fully saturated rings. The average molecular weight is 346 g/mol. The van der Waals surface area contributed by atoms with Crippen molar-refractivity contribution in [2.75, 3.05) is 39.3 Å². The zero-order chi connectivity index (χ0) is 17.6. The Morgan fingerprint density at radius 2 is 1.80 bits per heavy atom. The molecule has 138 valence electrons. The fourth-order valence-corrected chi connectivity index (χ4v) is 3.76. The van der Waals surface area contributed by atoms with Gasteiger partial charge >= 0.3 is 0 Å². The van der Waals surface area contributed by atoms with Gasteiger partial charge in [-0.15, -0.1) is 0 Å². The fraction of sp³-hybridized carbons (Fsp3) is 0.650. The Bertz CT molecular complexity index is 547. The van der Waals surface area contributed by atoms with Crippen LogP contribution >= 0.6 is 0 Å². The number of ether oxygens (including phenoxy) is 1. The molecule has 1 aliphatic heterocycles. The molecule has 1 aromatic carbocycles. The molecule has 0 spiro atoms. The van der Waals surface area contributed by atoms with E-state index >= 15 is 0 Å². The highest BCUT2D eigenvalue weighted by Crippen LogP contribution is 2.26. The third-order valence-corrected chi connectivity index (χ3v) is 5.32. The molecule has 1 unspecified atom stereocenters. The number of nitrogens with zero attached hydrogens (tertiary/aromatic N) is 2. The van der Waals surface area contributed by atoms with Crippen LogP contribution < -0.4 is 4.74 Å². The van der Waals surface area contributed by atoms with Gasteiger partial charge in [-0.3, -0.25) is 9.69 Å². The average Bonchev–Trinajstić information content (AvgIpc) is 3.16. The van der Waals surface area contributed by atoms with Crippen molar-refractivity contribution in [1.82, 2.24) is 9.80 Å². The minimum Gasteiger partial charge on any atom is -0.491 e. The normalized spacial score (nSPS) is 20.6. The van der Waals surface area contributed by atoms with Crippen molar-refractivity contribution in [3.63, 3.8) is 0 Å². The molecular formula is C20H30N2O3. The maximum absolute atomic E-state index is 12.5. The second kappa shape index (κ2) is 8.68. The van der Waals surface area contributed by atoms with Crippen LogP contribution in [0, 0.1) is 12.8 Å². The molecule has 1 aromatic rings. The van der Waals surface area contributed by atoms with Crippen molar-refractivity contribution in [3.8, 4) is 5.75 Å². The molecule has 1 amide bonds. The number of piperazine rings is 1. The van der Waals surface area contributed by atoms with E-state index in [2.05, 4.69) is 4.90 Å². The Hall–Kier alpha value is -1.59. The lowest BCUT2D eigenvalue weighted by molar-refractivity contribution is -0.137. The van der Waals surface area contributed by atoms with Crippen molar-refractivity contribution in [2.24, 2.45) is 5.92 Å². The smallest absolute Gasteiger partial charge is 0.225 e. The van der Waals surface area contributed by atoms with Crippen LogP contribution in [0.4, 0.5) is 0 Å². The standard InChI is InChI=1S/C20H30N2O3/c1-16-6-8-19(9-7-16)25-15-18(23)14-21-10-12-22(13-11-21)20(24)17-4-2-3-5-17/h6-9,17-18,23H,2-5,10-15H2,1H3.